The molecule has 26 heavy (non-hydrogen) atoms. The molecule has 0 radical (unpaired) electrons. The molecule has 0 spiro atoms. The van der Waals surface area contributed by atoms with Crippen LogP contribution in [-0.4, -0.2) is 32.0 Å². The predicted molar refractivity (Wildman–Crippen MR) is 101 cm³/mol. The minimum absolute atomic E-state index is 0.777. The number of hydrogen-bond donors (Lipinski definition) is 2. The molecular weight excluding hydrogens is 328 g/mol. The zero-order valence-electron chi connectivity index (χ0n) is 13.8. The molecule has 0 amide bonds. The van der Waals surface area contributed by atoms with Crippen LogP contribution in [0, 0.1) is 0 Å². The van der Waals surface area contributed by atoms with Gasteiger partial charge in [-0.05, 0) is 36.4 Å². The summed E-state index contributed by atoms with van der Waals surface area (Å²) >= 11 is 0. The van der Waals surface area contributed by atoms with Gasteiger partial charge in [0.25, 0.3) is 0 Å². The van der Waals surface area contributed by atoms with E-state index in [9.17, 15) is 0 Å². The first-order chi connectivity index (χ1) is 12.8. The van der Waals surface area contributed by atoms with Gasteiger partial charge in [-0.25, -0.2) is 0 Å². The van der Waals surface area contributed by atoms with Crippen molar-refractivity contribution in [2.24, 2.45) is 10.3 Å². The Bertz CT molecular complexity index is 1030. The smallest absolute Gasteiger partial charge is 0.0901 e. The van der Waals surface area contributed by atoms with Gasteiger partial charge in [0.15, 0.2) is 0 Å². The lowest BCUT2D eigenvalue weighted by molar-refractivity contribution is 0.321. The van der Waals surface area contributed by atoms with Gasteiger partial charge >= 0.3 is 0 Å². The van der Waals surface area contributed by atoms with E-state index in [-0.39, 0.29) is 0 Å². The maximum Gasteiger partial charge on any atom is 0.0901 e. The molecule has 6 nitrogen and oxygen atoms in total. The Labute approximate surface area is 149 Å². The number of hydrogen-bond acceptors (Lipinski definition) is 4. The summed E-state index contributed by atoms with van der Waals surface area (Å²) in [5, 5.41) is 26.2. The average Bonchev–Trinajstić information content (AvgIpc) is 3.31. The molecular formula is C20H16N4O2. The molecule has 0 atom stereocenters. The van der Waals surface area contributed by atoms with Crippen LogP contribution in [0.4, 0.5) is 0 Å². The lowest BCUT2D eigenvalue weighted by Crippen LogP contribution is -2.02. The fourth-order valence-corrected chi connectivity index (χ4v) is 3.25. The van der Waals surface area contributed by atoms with E-state index in [1.165, 1.54) is 12.4 Å². The van der Waals surface area contributed by atoms with Crippen LogP contribution in [0.2, 0.25) is 0 Å². The van der Waals surface area contributed by atoms with E-state index >= 15 is 0 Å². The Balaban J connectivity index is 1.97. The van der Waals surface area contributed by atoms with Crippen LogP contribution < -0.4 is 0 Å². The second kappa shape index (κ2) is 6.60. The van der Waals surface area contributed by atoms with Crippen molar-refractivity contribution >= 4 is 23.2 Å². The molecule has 0 saturated carbocycles. The summed E-state index contributed by atoms with van der Waals surface area (Å²) in [7, 11) is 0. The first kappa shape index (κ1) is 15.7. The van der Waals surface area contributed by atoms with Gasteiger partial charge < -0.3 is 19.5 Å². The number of oxime groups is 2. The summed E-state index contributed by atoms with van der Waals surface area (Å²) in [4.78, 5) is 0. The van der Waals surface area contributed by atoms with E-state index < -0.39 is 0 Å². The van der Waals surface area contributed by atoms with Gasteiger partial charge in [-0.3, -0.25) is 0 Å². The number of rotatable bonds is 4. The summed E-state index contributed by atoms with van der Waals surface area (Å²) in [6, 6.07) is 19.7. The zero-order chi connectivity index (χ0) is 17.9. The van der Waals surface area contributed by atoms with Crippen LogP contribution in [-0.2, 0) is 0 Å². The van der Waals surface area contributed by atoms with Crippen molar-refractivity contribution in [3.8, 4) is 11.4 Å². The van der Waals surface area contributed by atoms with Gasteiger partial charge in [-0.2, -0.15) is 0 Å². The number of fused-ring (bicyclic) bond motifs is 1. The van der Waals surface area contributed by atoms with E-state index in [2.05, 4.69) is 22.4 Å². The fraction of sp³-hybridized carbons (Fsp3) is 0. The summed E-state index contributed by atoms with van der Waals surface area (Å²) < 4.78 is 3.94. The lowest BCUT2D eigenvalue weighted by Gasteiger charge is -2.14. The summed E-state index contributed by atoms with van der Waals surface area (Å²) in [6.07, 6.45) is 6.67. The maximum atomic E-state index is 8.89. The van der Waals surface area contributed by atoms with Crippen molar-refractivity contribution < 1.29 is 10.4 Å². The van der Waals surface area contributed by atoms with Gasteiger partial charge in [0, 0.05) is 23.2 Å². The van der Waals surface area contributed by atoms with Crippen LogP contribution in [0.5, 0.6) is 0 Å². The molecule has 6 heteroatoms. The van der Waals surface area contributed by atoms with Crippen molar-refractivity contribution in [3.05, 3.63) is 84.4 Å². The van der Waals surface area contributed by atoms with Crippen molar-refractivity contribution in [2.75, 3.05) is 0 Å². The quantitative estimate of drug-likeness (QED) is 0.333. The molecule has 0 saturated heterocycles. The van der Waals surface area contributed by atoms with E-state index in [1.807, 2.05) is 70.1 Å². The summed E-state index contributed by atoms with van der Waals surface area (Å²) in [6.45, 7) is 0. The van der Waals surface area contributed by atoms with Crippen LogP contribution >= 0.6 is 0 Å². The first-order valence-electron chi connectivity index (χ1n) is 8.05. The molecule has 0 aliphatic rings. The van der Waals surface area contributed by atoms with Crippen molar-refractivity contribution in [2.45, 2.75) is 0 Å². The molecule has 0 aliphatic heterocycles. The Morgan fingerprint density at radius 1 is 0.615 bits per heavy atom. The highest BCUT2D eigenvalue weighted by atomic mass is 16.4. The molecule has 0 bridgehead atoms. The first-order valence-corrected chi connectivity index (χ1v) is 8.05. The minimum Gasteiger partial charge on any atom is -0.411 e. The van der Waals surface area contributed by atoms with Crippen LogP contribution in [0.1, 0.15) is 11.4 Å². The van der Waals surface area contributed by atoms with E-state index in [4.69, 9.17) is 10.4 Å². The minimum atomic E-state index is 0.777. The highest BCUT2D eigenvalue weighted by Gasteiger charge is 2.10. The number of nitrogens with zero attached hydrogens (tertiary/aromatic N) is 4. The molecule has 2 aromatic heterocycles. The van der Waals surface area contributed by atoms with E-state index in [1.54, 1.807) is 0 Å². The normalized spacial score (nSPS) is 11.8. The molecule has 4 rings (SSSR count). The number of benzene rings is 2. The van der Waals surface area contributed by atoms with E-state index in [0.717, 1.165) is 33.5 Å². The molecule has 0 unspecified atom stereocenters. The van der Waals surface area contributed by atoms with Crippen molar-refractivity contribution in [1.82, 2.24) is 9.13 Å². The molecule has 2 aromatic carbocycles. The Kier molecular flexibility index (Phi) is 3.99. The van der Waals surface area contributed by atoms with Crippen molar-refractivity contribution in [3.63, 3.8) is 0 Å². The fourth-order valence-electron chi connectivity index (χ4n) is 3.25. The topological polar surface area (TPSA) is 75.0 Å². The SMILES string of the molecule is O/N=C/c1cccn1-c1cccc2c(-n3cccc3/C=N/O)cccc12. The molecule has 0 aliphatic carbocycles. The molecule has 2 N–H and O–H groups in total. The van der Waals surface area contributed by atoms with Crippen LogP contribution in [0.15, 0.2) is 83.4 Å². The third kappa shape index (κ3) is 2.53. The lowest BCUT2D eigenvalue weighted by atomic mass is 10.1. The van der Waals surface area contributed by atoms with Gasteiger partial charge in [0.1, 0.15) is 0 Å². The third-order valence-electron chi connectivity index (χ3n) is 4.34. The Morgan fingerprint density at radius 3 is 1.50 bits per heavy atom. The van der Waals surface area contributed by atoms with Gasteiger partial charge in [-0.1, -0.05) is 34.6 Å². The van der Waals surface area contributed by atoms with Gasteiger partial charge in [-0.15, -0.1) is 0 Å². The Hall–Kier alpha value is -3.80. The monoisotopic (exact) mass is 344 g/mol. The molecule has 128 valence electrons. The van der Waals surface area contributed by atoms with Crippen LogP contribution in [0.25, 0.3) is 22.1 Å². The maximum absolute atomic E-state index is 8.89. The van der Waals surface area contributed by atoms with Gasteiger partial charge in [0.2, 0.25) is 0 Å². The average molecular weight is 344 g/mol. The predicted octanol–water partition coefficient (Wildman–Crippen LogP) is 4.04. The van der Waals surface area contributed by atoms with Crippen LogP contribution in [0.3, 0.4) is 0 Å². The highest BCUT2D eigenvalue weighted by molar-refractivity contribution is 5.97. The zero-order valence-corrected chi connectivity index (χ0v) is 13.8. The highest BCUT2D eigenvalue weighted by Crippen LogP contribution is 2.29. The van der Waals surface area contributed by atoms with Gasteiger partial charge in [0.05, 0.1) is 35.2 Å². The van der Waals surface area contributed by atoms with E-state index in [0.29, 0.717) is 0 Å². The summed E-state index contributed by atoms with van der Waals surface area (Å²) in [5.41, 5.74) is 3.52. The molecule has 4 aromatic rings. The molecule has 0 fully saturated rings. The standard InChI is InChI=1S/C20H16N4O2/c25-21-13-15-5-3-11-23(15)19-9-1-7-17-18(19)8-2-10-20(17)24-12-4-6-16(24)14-22-26/h1-14,25-26H/b21-13+,22-14+. The second-order valence-corrected chi connectivity index (χ2v) is 5.74. The molecule has 2 heterocycles. The van der Waals surface area contributed by atoms with Crippen molar-refractivity contribution in [1.29, 1.82) is 0 Å². The second-order valence-electron chi connectivity index (χ2n) is 5.74. The number of aromatic nitrogens is 2. The summed E-state index contributed by atoms with van der Waals surface area (Å²) in [5.74, 6) is 0. The Morgan fingerprint density at radius 2 is 1.08 bits per heavy atom. The third-order valence-corrected chi connectivity index (χ3v) is 4.34. The largest absolute Gasteiger partial charge is 0.411 e.